The number of nitrogens with zero attached hydrogens (tertiary/aromatic N) is 1. The van der Waals surface area contributed by atoms with Crippen LogP contribution in [0.3, 0.4) is 0 Å². The molecule has 2 N–H and O–H groups in total. The molecule has 0 saturated carbocycles. The SMILES string of the molecule is Nc1ccc(Cl)cc1CN1CCc2ccccc2C1. The Bertz CT molecular complexity index is 595. The Morgan fingerprint density at radius 3 is 2.74 bits per heavy atom. The van der Waals surface area contributed by atoms with Crippen molar-refractivity contribution >= 4 is 17.3 Å². The van der Waals surface area contributed by atoms with Crippen molar-refractivity contribution in [2.75, 3.05) is 12.3 Å². The smallest absolute Gasteiger partial charge is 0.0410 e. The Balaban J connectivity index is 1.77. The van der Waals surface area contributed by atoms with E-state index < -0.39 is 0 Å². The summed E-state index contributed by atoms with van der Waals surface area (Å²) >= 11 is 6.04. The van der Waals surface area contributed by atoms with E-state index in [9.17, 15) is 0 Å². The van der Waals surface area contributed by atoms with Crippen LogP contribution in [-0.4, -0.2) is 11.4 Å². The molecule has 0 spiro atoms. The first-order chi connectivity index (χ1) is 9.22. The van der Waals surface area contributed by atoms with Crippen LogP contribution < -0.4 is 5.73 Å². The van der Waals surface area contributed by atoms with Gasteiger partial charge in [-0.1, -0.05) is 35.9 Å². The first kappa shape index (κ1) is 12.5. The zero-order valence-electron chi connectivity index (χ0n) is 10.8. The van der Waals surface area contributed by atoms with Crippen LogP contribution in [0.1, 0.15) is 16.7 Å². The summed E-state index contributed by atoms with van der Waals surface area (Å²) in [5, 5.41) is 0.751. The average molecular weight is 273 g/mol. The average Bonchev–Trinajstić information content (AvgIpc) is 2.43. The number of benzene rings is 2. The van der Waals surface area contributed by atoms with Crippen molar-refractivity contribution in [2.45, 2.75) is 19.5 Å². The molecule has 2 aromatic rings. The lowest BCUT2D eigenvalue weighted by Gasteiger charge is -2.29. The molecule has 2 aromatic carbocycles. The van der Waals surface area contributed by atoms with Gasteiger partial charge in [0, 0.05) is 30.3 Å². The number of anilines is 1. The fourth-order valence-electron chi connectivity index (χ4n) is 2.64. The Kier molecular flexibility index (Phi) is 3.45. The minimum absolute atomic E-state index is 0.751. The molecule has 0 aliphatic carbocycles. The van der Waals surface area contributed by atoms with E-state index in [1.165, 1.54) is 11.1 Å². The Labute approximate surface area is 118 Å². The molecule has 19 heavy (non-hydrogen) atoms. The van der Waals surface area contributed by atoms with Gasteiger partial charge in [-0.3, -0.25) is 4.90 Å². The van der Waals surface area contributed by atoms with Crippen LogP contribution in [0.25, 0.3) is 0 Å². The van der Waals surface area contributed by atoms with Gasteiger partial charge in [0.25, 0.3) is 0 Å². The van der Waals surface area contributed by atoms with Gasteiger partial charge in [0.05, 0.1) is 0 Å². The van der Waals surface area contributed by atoms with Crippen molar-refractivity contribution in [1.29, 1.82) is 0 Å². The summed E-state index contributed by atoms with van der Waals surface area (Å²) in [6, 6.07) is 14.3. The van der Waals surface area contributed by atoms with Gasteiger partial charge in [0.15, 0.2) is 0 Å². The lowest BCUT2D eigenvalue weighted by Crippen LogP contribution is -2.30. The topological polar surface area (TPSA) is 29.3 Å². The van der Waals surface area contributed by atoms with Crippen molar-refractivity contribution < 1.29 is 0 Å². The zero-order chi connectivity index (χ0) is 13.2. The molecule has 0 bridgehead atoms. The van der Waals surface area contributed by atoms with Gasteiger partial charge in [0.2, 0.25) is 0 Å². The Morgan fingerprint density at radius 1 is 1.11 bits per heavy atom. The largest absolute Gasteiger partial charge is 0.398 e. The van der Waals surface area contributed by atoms with E-state index in [4.69, 9.17) is 17.3 Å². The highest BCUT2D eigenvalue weighted by Crippen LogP contribution is 2.24. The van der Waals surface area contributed by atoms with E-state index in [1.54, 1.807) is 0 Å². The molecule has 3 heteroatoms. The molecule has 2 nitrogen and oxygen atoms in total. The molecule has 0 saturated heterocycles. The third kappa shape index (κ3) is 2.75. The van der Waals surface area contributed by atoms with E-state index in [0.717, 1.165) is 42.3 Å². The number of rotatable bonds is 2. The van der Waals surface area contributed by atoms with Gasteiger partial charge in [-0.05, 0) is 41.3 Å². The lowest BCUT2D eigenvalue weighted by molar-refractivity contribution is 0.246. The number of nitrogens with two attached hydrogens (primary N) is 1. The number of hydrogen-bond acceptors (Lipinski definition) is 2. The summed E-state index contributed by atoms with van der Waals surface area (Å²) in [5.41, 5.74) is 10.9. The minimum Gasteiger partial charge on any atom is -0.398 e. The fourth-order valence-corrected chi connectivity index (χ4v) is 2.84. The predicted molar refractivity (Wildman–Crippen MR) is 80.1 cm³/mol. The van der Waals surface area contributed by atoms with E-state index >= 15 is 0 Å². The summed E-state index contributed by atoms with van der Waals surface area (Å²) in [6.07, 6.45) is 1.11. The van der Waals surface area contributed by atoms with Crippen LogP contribution in [0.5, 0.6) is 0 Å². The van der Waals surface area contributed by atoms with Crippen LogP contribution in [0.2, 0.25) is 5.02 Å². The molecule has 0 atom stereocenters. The summed E-state index contributed by atoms with van der Waals surface area (Å²) < 4.78 is 0. The number of halogens is 1. The number of hydrogen-bond donors (Lipinski definition) is 1. The van der Waals surface area contributed by atoms with Gasteiger partial charge < -0.3 is 5.73 Å². The molecule has 0 fully saturated rings. The number of nitrogen functional groups attached to an aromatic ring is 1. The molecule has 1 aliphatic heterocycles. The van der Waals surface area contributed by atoms with Gasteiger partial charge in [-0.2, -0.15) is 0 Å². The highest BCUT2D eigenvalue weighted by Gasteiger charge is 2.16. The van der Waals surface area contributed by atoms with Gasteiger partial charge in [0.1, 0.15) is 0 Å². The Hall–Kier alpha value is -1.51. The highest BCUT2D eigenvalue weighted by atomic mass is 35.5. The molecule has 0 aromatic heterocycles. The molecule has 3 rings (SSSR count). The molecule has 1 aliphatic rings. The van der Waals surface area contributed by atoms with Crippen molar-refractivity contribution in [3.8, 4) is 0 Å². The summed E-state index contributed by atoms with van der Waals surface area (Å²) in [7, 11) is 0. The summed E-state index contributed by atoms with van der Waals surface area (Å²) in [6.45, 7) is 2.92. The second kappa shape index (κ2) is 5.24. The van der Waals surface area contributed by atoms with Crippen LogP contribution >= 0.6 is 11.6 Å². The monoisotopic (exact) mass is 272 g/mol. The van der Waals surface area contributed by atoms with Crippen molar-refractivity contribution in [3.63, 3.8) is 0 Å². The van der Waals surface area contributed by atoms with Crippen LogP contribution in [0.15, 0.2) is 42.5 Å². The third-order valence-electron chi connectivity index (χ3n) is 3.71. The fraction of sp³-hybridized carbons (Fsp3) is 0.250. The molecular formula is C16H17ClN2. The second-order valence-corrected chi connectivity index (χ2v) is 5.51. The minimum atomic E-state index is 0.751. The van der Waals surface area contributed by atoms with Crippen LogP contribution in [-0.2, 0) is 19.5 Å². The first-order valence-electron chi connectivity index (χ1n) is 6.55. The van der Waals surface area contributed by atoms with Crippen molar-refractivity contribution in [1.82, 2.24) is 4.90 Å². The Morgan fingerprint density at radius 2 is 1.89 bits per heavy atom. The number of fused-ring (bicyclic) bond motifs is 1. The summed E-state index contributed by atoms with van der Waals surface area (Å²) in [4.78, 5) is 2.42. The molecule has 0 unspecified atom stereocenters. The van der Waals surface area contributed by atoms with Gasteiger partial charge in [-0.25, -0.2) is 0 Å². The van der Waals surface area contributed by atoms with Crippen LogP contribution in [0, 0.1) is 0 Å². The first-order valence-corrected chi connectivity index (χ1v) is 6.93. The van der Waals surface area contributed by atoms with E-state index in [0.29, 0.717) is 0 Å². The van der Waals surface area contributed by atoms with Crippen LogP contribution in [0.4, 0.5) is 5.69 Å². The quantitative estimate of drug-likeness (QED) is 0.848. The molecular weight excluding hydrogens is 256 g/mol. The predicted octanol–water partition coefficient (Wildman–Crippen LogP) is 3.48. The maximum atomic E-state index is 6.04. The normalized spacial score (nSPS) is 15.2. The maximum absolute atomic E-state index is 6.04. The summed E-state index contributed by atoms with van der Waals surface area (Å²) in [5.74, 6) is 0. The third-order valence-corrected chi connectivity index (χ3v) is 3.94. The highest BCUT2D eigenvalue weighted by molar-refractivity contribution is 6.30. The van der Waals surface area contributed by atoms with Gasteiger partial charge in [-0.15, -0.1) is 0 Å². The van der Waals surface area contributed by atoms with Gasteiger partial charge >= 0.3 is 0 Å². The van der Waals surface area contributed by atoms with Crippen molar-refractivity contribution in [2.24, 2.45) is 0 Å². The lowest BCUT2D eigenvalue weighted by atomic mass is 9.99. The zero-order valence-corrected chi connectivity index (χ0v) is 11.5. The second-order valence-electron chi connectivity index (χ2n) is 5.07. The van der Waals surface area contributed by atoms with E-state index in [1.807, 2.05) is 18.2 Å². The standard InChI is InChI=1S/C16H17ClN2/c17-15-5-6-16(18)14(9-15)11-19-8-7-12-3-1-2-4-13(12)10-19/h1-6,9H,7-8,10-11,18H2. The van der Waals surface area contributed by atoms with E-state index in [2.05, 4.69) is 29.2 Å². The molecule has 0 amide bonds. The molecule has 98 valence electrons. The molecule has 0 radical (unpaired) electrons. The maximum Gasteiger partial charge on any atom is 0.0410 e. The van der Waals surface area contributed by atoms with Crippen molar-refractivity contribution in [3.05, 3.63) is 64.2 Å². The van der Waals surface area contributed by atoms with E-state index in [-0.39, 0.29) is 0 Å². The molecule has 1 heterocycles.